The Morgan fingerprint density at radius 2 is 2.11 bits per heavy atom. The third-order valence-electron chi connectivity index (χ3n) is 3.17. The zero-order valence-electron chi connectivity index (χ0n) is 10.8. The van der Waals surface area contributed by atoms with E-state index in [1.54, 1.807) is 16.7 Å². The van der Waals surface area contributed by atoms with Gasteiger partial charge in [-0.1, -0.05) is 12.1 Å². The summed E-state index contributed by atoms with van der Waals surface area (Å²) in [5.41, 5.74) is 9.41. The summed E-state index contributed by atoms with van der Waals surface area (Å²) in [6.45, 7) is 3.75. The molecule has 0 saturated heterocycles. The Bertz CT molecular complexity index is 782. The minimum Gasteiger partial charge on any atom is -0.397 e. The number of nitrogens with one attached hydrogen (secondary N) is 1. The highest BCUT2D eigenvalue weighted by Gasteiger charge is 2.18. The van der Waals surface area contributed by atoms with E-state index in [0.29, 0.717) is 11.4 Å². The molecule has 2 aromatic heterocycles. The minimum atomic E-state index is -0.172. The third kappa shape index (κ3) is 1.71. The summed E-state index contributed by atoms with van der Waals surface area (Å²) in [5, 5.41) is 7.75. The van der Waals surface area contributed by atoms with Gasteiger partial charge in [0.25, 0.3) is 5.91 Å². The number of hydrogen-bond acceptors (Lipinski definition) is 3. The molecule has 0 amide bonds. The lowest BCUT2D eigenvalue weighted by Crippen LogP contribution is -2.14. The first kappa shape index (κ1) is 11.5. The van der Waals surface area contributed by atoms with Gasteiger partial charge in [0, 0.05) is 16.8 Å². The van der Waals surface area contributed by atoms with Crippen LogP contribution in [0.2, 0.25) is 0 Å². The molecule has 96 valence electrons. The average molecular weight is 254 g/mol. The molecule has 0 aliphatic carbocycles. The summed E-state index contributed by atoms with van der Waals surface area (Å²) >= 11 is 0. The maximum absolute atomic E-state index is 12.5. The fourth-order valence-electron chi connectivity index (χ4n) is 2.32. The predicted octanol–water partition coefficient (Wildman–Crippen LogP) is 2.25. The lowest BCUT2D eigenvalue weighted by Gasteiger charge is -2.06. The van der Waals surface area contributed by atoms with Gasteiger partial charge in [0.05, 0.1) is 11.2 Å². The number of benzene rings is 1. The van der Waals surface area contributed by atoms with Crippen molar-refractivity contribution in [2.75, 3.05) is 5.73 Å². The first-order chi connectivity index (χ1) is 9.08. The Labute approximate surface area is 110 Å². The highest BCUT2D eigenvalue weighted by molar-refractivity contribution is 6.05. The second-order valence-electron chi connectivity index (χ2n) is 4.65. The van der Waals surface area contributed by atoms with Crippen LogP contribution in [0.3, 0.4) is 0 Å². The highest BCUT2D eigenvalue weighted by atomic mass is 16.2. The molecular formula is C14H14N4O. The molecule has 0 bridgehead atoms. The fraction of sp³-hybridized carbons (Fsp3) is 0.143. The number of para-hydroxylation sites is 1. The number of rotatable bonds is 1. The van der Waals surface area contributed by atoms with Crippen LogP contribution in [-0.4, -0.2) is 20.7 Å². The molecule has 3 rings (SSSR count). The van der Waals surface area contributed by atoms with E-state index in [0.717, 1.165) is 22.3 Å². The summed E-state index contributed by atoms with van der Waals surface area (Å²) < 4.78 is 1.61. The van der Waals surface area contributed by atoms with Crippen LogP contribution in [0.1, 0.15) is 21.9 Å². The van der Waals surface area contributed by atoms with E-state index in [1.165, 1.54) is 0 Å². The summed E-state index contributed by atoms with van der Waals surface area (Å²) in [4.78, 5) is 12.5. The van der Waals surface area contributed by atoms with Gasteiger partial charge in [0.1, 0.15) is 0 Å². The molecule has 1 aromatic carbocycles. The van der Waals surface area contributed by atoms with Gasteiger partial charge in [-0.05, 0) is 32.0 Å². The van der Waals surface area contributed by atoms with Crippen LogP contribution in [0, 0.1) is 13.8 Å². The van der Waals surface area contributed by atoms with Crippen LogP contribution in [0.5, 0.6) is 0 Å². The molecule has 0 unspecified atom stereocenters. The number of hydrogen-bond donors (Lipinski definition) is 2. The van der Waals surface area contributed by atoms with Crippen molar-refractivity contribution >= 4 is 22.5 Å². The number of nitrogens with two attached hydrogens (primary N) is 1. The molecule has 0 saturated carbocycles. The van der Waals surface area contributed by atoms with Gasteiger partial charge < -0.3 is 5.73 Å². The van der Waals surface area contributed by atoms with Gasteiger partial charge in [0.15, 0.2) is 5.69 Å². The van der Waals surface area contributed by atoms with Crippen LogP contribution in [0.4, 0.5) is 5.69 Å². The number of aromatic nitrogens is 3. The SMILES string of the molecule is Cc1cc(C(=O)n2c(C)cc3cccc(N)c32)n[nH]1. The molecule has 3 aromatic rings. The van der Waals surface area contributed by atoms with E-state index in [9.17, 15) is 4.79 Å². The van der Waals surface area contributed by atoms with Crippen LogP contribution < -0.4 is 5.73 Å². The van der Waals surface area contributed by atoms with Gasteiger partial charge in [-0.2, -0.15) is 5.10 Å². The summed E-state index contributed by atoms with van der Waals surface area (Å²) in [6, 6.07) is 9.29. The lowest BCUT2D eigenvalue weighted by atomic mass is 10.2. The molecule has 0 radical (unpaired) electrons. The Balaban J connectivity index is 2.25. The zero-order chi connectivity index (χ0) is 13.6. The van der Waals surface area contributed by atoms with Crippen molar-refractivity contribution < 1.29 is 4.79 Å². The van der Waals surface area contributed by atoms with E-state index >= 15 is 0 Å². The van der Waals surface area contributed by atoms with Gasteiger partial charge in [0.2, 0.25) is 0 Å². The topological polar surface area (TPSA) is 76.7 Å². The van der Waals surface area contributed by atoms with Gasteiger partial charge >= 0.3 is 0 Å². The summed E-state index contributed by atoms with van der Waals surface area (Å²) in [6.07, 6.45) is 0. The quantitative estimate of drug-likeness (QED) is 0.654. The number of carbonyl (C=O) groups excluding carboxylic acids is 1. The van der Waals surface area contributed by atoms with Crippen LogP contribution >= 0.6 is 0 Å². The first-order valence-corrected chi connectivity index (χ1v) is 6.01. The van der Waals surface area contributed by atoms with Crippen molar-refractivity contribution in [1.82, 2.24) is 14.8 Å². The number of H-pyrrole nitrogens is 1. The number of aromatic amines is 1. The second kappa shape index (κ2) is 3.98. The molecule has 0 fully saturated rings. The van der Waals surface area contributed by atoms with Crippen LogP contribution in [0.25, 0.3) is 10.9 Å². The van der Waals surface area contributed by atoms with Crippen LogP contribution in [0.15, 0.2) is 30.3 Å². The molecule has 5 heteroatoms. The largest absolute Gasteiger partial charge is 0.397 e. The Kier molecular flexibility index (Phi) is 2.41. The maximum Gasteiger partial charge on any atom is 0.283 e. The number of nitrogens with zero attached hydrogens (tertiary/aromatic N) is 2. The zero-order valence-corrected chi connectivity index (χ0v) is 10.8. The van der Waals surface area contributed by atoms with E-state index in [-0.39, 0.29) is 5.91 Å². The first-order valence-electron chi connectivity index (χ1n) is 6.01. The molecule has 0 aliphatic rings. The molecule has 2 heterocycles. The van der Waals surface area contributed by atoms with Gasteiger partial charge in [-0.15, -0.1) is 0 Å². The number of aryl methyl sites for hydroxylation is 2. The second-order valence-corrected chi connectivity index (χ2v) is 4.65. The normalized spacial score (nSPS) is 11.1. The van der Waals surface area contributed by atoms with E-state index in [2.05, 4.69) is 10.2 Å². The maximum atomic E-state index is 12.5. The lowest BCUT2D eigenvalue weighted by molar-refractivity contribution is 0.0958. The van der Waals surface area contributed by atoms with Crippen molar-refractivity contribution in [3.8, 4) is 0 Å². The molecule has 0 aliphatic heterocycles. The van der Waals surface area contributed by atoms with E-state index in [4.69, 9.17) is 5.73 Å². The third-order valence-corrected chi connectivity index (χ3v) is 3.17. The number of nitrogen functional groups attached to an aromatic ring is 1. The van der Waals surface area contributed by atoms with Crippen molar-refractivity contribution in [2.45, 2.75) is 13.8 Å². The van der Waals surface area contributed by atoms with Crippen molar-refractivity contribution in [2.24, 2.45) is 0 Å². The molecule has 19 heavy (non-hydrogen) atoms. The standard InChI is InChI=1S/C14H14N4O/c1-8-6-12(17-16-8)14(19)18-9(2)7-10-4-3-5-11(15)13(10)18/h3-7H,15H2,1-2H3,(H,16,17). The number of fused-ring (bicyclic) bond motifs is 1. The smallest absolute Gasteiger partial charge is 0.283 e. The predicted molar refractivity (Wildman–Crippen MR) is 74.1 cm³/mol. The molecule has 3 N–H and O–H groups in total. The van der Waals surface area contributed by atoms with Crippen LogP contribution in [-0.2, 0) is 0 Å². The Morgan fingerprint density at radius 3 is 2.79 bits per heavy atom. The average Bonchev–Trinajstić information content (AvgIpc) is 2.92. The minimum absolute atomic E-state index is 0.172. The number of anilines is 1. The van der Waals surface area contributed by atoms with E-state index in [1.807, 2.05) is 32.0 Å². The monoisotopic (exact) mass is 254 g/mol. The summed E-state index contributed by atoms with van der Waals surface area (Å²) in [5.74, 6) is -0.172. The summed E-state index contributed by atoms with van der Waals surface area (Å²) in [7, 11) is 0. The van der Waals surface area contributed by atoms with Gasteiger partial charge in [-0.25, -0.2) is 0 Å². The van der Waals surface area contributed by atoms with Crippen molar-refractivity contribution in [3.63, 3.8) is 0 Å². The highest BCUT2D eigenvalue weighted by Crippen LogP contribution is 2.25. The molecule has 0 atom stereocenters. The van der Waals surface area contributed by atoms with Crippen molar-refractivity contribution in [1.29, 1.82) is 0 Å². The fourth-order valence-corrected chi connectivity index (χ4v) is 2.32. The van der Waals surface area contributed by atoms with Crippen molar-refractivity contribution in [3.05, 3.63) is 47.4 Å². The molecule has 5 nitrogen and oxygen atoms in total. The Hall–Kier alpha value is -2.56. The number of carbonyl (C=O) groups is 1. The molecular weight excluding hydrogens is 240 g/mol. The van der Waals surface area contributed by atoms with E-state index < -0.39 is 0 Å². The Morgan fingerprint density at radius 1 is 1.32 bits per heavy atom. The molecule has 0 spiro atoms. The van der Waals surface area contributed by atoms with Gasteiger partial charge in [-0.3, -0.25) is 14.5 Å².